The Morgan fingerprint density at radius 3 is 0.707 bits per heavy atom. The lowest BCUT2D eigenvalue weighted by atomic mass is 10.1. The van der Waals surface area contributed by atoms with Crippen LogP contribution in [0.2, 0.25) is 0 Å². The summed E-state index contributed by atoms with van der Waals surface area (Å²) < 4.78 is 0. The molecule has 0 bridgehead atoms. The standard InChI is InChI=1S/C39H50P2/c1-28-16-29(2)21-36(20-28)40(37-22-30(3)17-31(4)23-37)14-12-10-9-11-13-15-41(38-24-32(5)18-33(6)25-38)39-26-34(7)19-35(8)27-39/h16-27H,9-15H2,1-8H3. The number of aryl methyl sites for hydroxylation is 8. The third kappa shape index (κ3) is 9.37. The van der Waals surface area contributed by atoms with Crippen LogP contribution in [0.4, 0.5) is 0 Å². The van der Waals surface area contributed by atoms with E-state index in [1.54, 1.807) is 21.2 Å². The largest absolute Gasteiger partial charge is 0.0563 e. The number of hydrogen-bond acceptors (Lipinski definition) is 0. The molecule has 0 fully saturated rings. The zero-order valence-electron chi connectivity index (χ0n) is 26.8. The maximum Gasteiger partial charge on any atom is -0.0190 e. The fourth-order valence-corrected chi connectivity index (χ4v) is 11.9. The molecule has 0 amide bonds. The van der Waals surface area contributed by atoms with E-state index in [4.69, 9.17) is 0 Å². The highest BCUT2D eigenvalue weighted by Gasteiger charge is 2.17. The first-order valence-electron chi connectivity index (χ1n) is 15.5. The van der Waals surface area contributed by atoms with Gasteiger partial charge in [0.05, 0.1) is 0 Å². The maximum atomic E-state index is 2.44. The molecule has 0 aliphatic heterocycles. The van der Waals surface area contributed by atoms with Gasteiger partial charge in [-0.25, -0.2) is 0 Å². The van der Waals surface area contributed by atoms with Gasteiger partial charge in [0.25, 0.3) is 0 Å². The van der Waals surface area contributed by atoms with Crippen LogP contribution in [-0.4, -0.2) is 12.3 Å². The van der Waals surface area contributed by atoms with Gasteiger partial charge in [0.15, 0.2) is 0 Å². The van der Waals surface area contributed by atoms with Gasteiger partial charge >= 0.3 is 0 Å². The molecule has 0 spiro atoms. The van der Waals surface area contributed by atoms with E-state index >= 15 is 0 Å². The third-order valence-electron chi connectivity index (χ3n) is 7.84. The molecule has 0 saturated heterocycles. The first kappa shape index (κ1) is 31.7. The molecular formula is C39H50P2. The Morgan fingerprint density at radius 2 is 0.488 bits per heavy atom. The molecule has 0 radical (unpaired) electrons. The van der Waals surface area contributed by atoms with Crippen molar-refractivity contribution in [2.45, 2.75) is 87.5 Å². The van der Waals surface area contributed by atoms with Crippen molar-refractivity contribution in [2.24, 2.45) is 0 Å². The number of unbranched alkanes of at least 4 members (excludes halogenated alkanes) is 4. The van der Waals surface area contributed by atoms with Gasteiger partial charge in [-0.05, 0) is 118 Å². The highest BCUT2D eigenvalue weighted by atomic mass is 31.1. The minimum Gasteiger partial charge on any atom is -0.0563 e. The van der Waals surface area contributed by atoms with Crippen LogP contribution in [-0.2, 0) is 0 Å². The van der Waals surface area contributed by atoms with E-state index in [0.717, 1.165) is 0 Å². The molecule has 4 rings (SSSR count). The Bertz CT molecular complexity index is 1170. The third-order valence-corrected chi connectivity index (χ3v) is 12.9. The lowest BCUT2D eigenvalue weighted by molar-refractivity contribution is 0.661. The van der Waals surface area contributed by atoms with Crippen LogP contribution >= 0.6 is 15.8 Å². The Balaban J connectivity index is 1.38. The Morgan fingerprint density at radius 1 is 0.293 bits per heavy atom. The monoisotopic (exact) mass is 580 g/mol. The van der Waals surface area contributed by atoms with Crippen molar-refractivity contribution in [3.05, 3.63) is 117 Å². The van der Waals surface area contributed by atoms with Crippen LogP contribution in [0.5, 0.6) is 0 Å². The summed E-state index contributed by atoms with van der Waals surface area (Å²) in [6.07, 6.45) is 9.21. The van der Waals surface area contributed by atoms with Crippen molar-refractivity contribution in [1.82, 2.24) is 0 Å². The summed E-state index contributed by atoms with van der Waals surface area (Å²) in [5.74, 6) is 0. The first-order valence-corrected chi connectivity index (χ1v) is 18.5. The average Bonchev–Trinajstić information content (AvgIpc) is 2.85. The van der Waals surface area contributed by atoms with E-state index in [1.165, 1.54) is 88.9 Å². The van der Waals surface area contributed by atoms with E-state index in [2.05, 4.69) is 128 Å². The predicted molar refractivity (Wildman–Crippen MR) is 189 cm³/mol. The maximum absolute atomic E-state index is 2.44. The van der Waals surface area contributed by atoms with Crippen molar-refractivity contribution in [1.29, 1.82) is 0 Å². The highest BCUT2D eigenvalue weighted by Crippen LogP contribution is 2.38. The lowest BCUT2D eigenvalue weighted by Crippen LogP contribution is -2.16. The second-order valence-electron chi connectivity index (χ2n) is 12.5. The van der Waals surface area contributed by atoms with Crippen molar-refractivity contribution in [3.8, 4) is 0 Å². The molecular weight excluding hydrogens is 530 g/mol. The van der Waals surface area contributed by atoms with E-state index in [0.29, 0.717) is 0 Å². The highest BCUT2D eigenvalue weighted by molar-refractivity contribution is 7.73. The molecule has 0 aromatic heterocycles. The summed E-state index contributed by atoms with van der Waals surface area (Å²) in [6.45, 7) is 18.0. The van der Waals surface area contributed by atoms with E-state index in [9.17, 15) is 0 Å². The van der Waals surface area contributed by atoms with Gasteiger partial charge in [0.2, 0.25) is 0 Å². The zero-order valence-corrected chi connectivity index (χ0v) is 28.6. The average molecular weight is 581 g/mol. The summed E-state index contributed by atoms with van der Waals surface area (Å²) in [5.41, 5.74) is 11.1. The van der Waals surface area contributed by atoms with Crippen LogP contribution in [0.3, 0.4) is 0 Å². The van der Waals surface area contributed by atoms with Crippen LogP contribution in [0.1, 0.15) is 76.6 Å². The van der Waals surface area contributed by atoms with Crippen LogP contribution in [0, 0.1) is 55.4 Å². The number of benzene rings is 4. The van der Waals surface area contributed by atoms with Crippen LogP contribution in [0.25, 0.3) is 0 Å². The van der Waals surface area contributed by atoms with E-state index < -0.39 is 0 Å². The zero-order chi connectivity index (χ0) is 29.5. The van der Waals surface area contributed by atoms with Crippen LogP contribution in [0.15, 0.2) is 72.8 Å². The van der Waals surface area contributed by atoms with Crippen molar-refractivity contribution in [3.63, 3.8) is 0 Å². The van der Waals surface area contributed by atoms with E-state index in [1.807, 2.05) is 0 Å². The fraction of sp³-hybridized carbons (Fsp3) is 0.385. The van der Waals surface area contributed by atoms with Gasteiger partial charge in [-0.1, -0.05) is 137 Å². The second-order valence-corrected chi connectivity index (χ2v) is 17.1. The topological polar surface area (TPSA) is 0 Å². The molecule has 41 heavy (non-hydrogen) atoms. The lowest BCUT2D eigenvalue weighted by Gasteiger charge is -2.22. The number of hydrogen-bond donors (Lipinski definition) is 0. The molecule has 0 heterocycles. The molecule has 2 heteroatoms. The SMILES string of the molecule is Cc1cc(C)cc(P(CCCCCCCP(c2cc(C)cc(C)c2)c2cc(C)cc(C)c2)c2cc(C)cc(C)c2)c1. The molecule has 0 N–H and O–H groups in total. The molecule has 0 aliphatic carbocycles. The molecule has 0 saturated carbocycles. The van der Waals surface area contributed by atoms with Gasteiger partial charge in [-0.2, -0.15) is 0 Å². The van der Waals surface area contributed by atoms with Gasteiger partial charge in [-0.3, -0.25) is 0 Å². The molecule has 0 atom stereocenters. The molecule has 0 unspecified atom stereocenters. The van der Waals surface area contributed by atoms with Gasteiger partial charge in [-0.15, -0.1) is 0 Å². The van der Waals surface area contributed by atoms with E-state index in [-0.39, 0.29) is 15.8 Å². The minimum absolute atomic E-state index is 0.321. The predicted octanol–water partition coefficient (Wildman–Crippen LogP) is 9.67. The Kier molecular flexibility index (Phi) is 11.4. The summed E-state index contributed by atoms with van der Waals surface area (Å²) >= 11 is 0. The fourth-order valence-electron chi connectivity index (χ4n) is 6.31. The van der Waals surface area contributed by atoms with Gasteiger partial charge in [0, 0.05) is 0 Å². The summed E-state index contributed by atoms with van der Waals surface area (Å²) in [7, 11) is -0.641. The Hall–Kier alpha value is -2.26. The summed E-state index contributed by atoms with van der Waals surface area (Å²) in [5, 5.41) is 6.20. The molecule has 0 aliphatic rings. The molecule has 0 nitrogen and oxygen atoms in total. The number of rotatable bonds is 12. The summed E-state index contributed by atoms with van der Waals surface area (Å²) in [6, 6.07) is 28.8. The van der Waals surface area contributed by atoms with Crippen molar-refractivity contribution >= 4 is 37.1 Å². The summed E-state index contributed by atoms with van der Waals surface area (Å²) in [4.78, 5) is 0. The minimum atomic E-state index is -0.321. The normalized spacial score (nSPS) is 11.6. The molecule has 4 aromatic rings. The quantitative estimate of drug-likeness (QED) is 0.116. The molecule has 216 valence electrons. The molecule has 4 aromatic carbocycles. The first-order chi connectivity index (χ1) is 19.6. The van der Waals surface area contributed by atoms with Gasteiger partial charge < -0.3 is 0 Å². The van der Waals surface area contributed by atoms with Crippen molar-refractivity contribution < 1.29 is 0 Å². The Labute approximate surface area is 253 Å². The smallest absolute Gasteiger partial charge is 0.0190 e. The second kappa shape index (κ2) is 14.8. The van der Waals surface area contributed by atoms with Gasteiger partial charge in [0.1, 0.15) is 0 Å². The van der Waals surface area contributed by atoms with Crippen LogP contribution < -0.4 is 21.2 Å². The van der Waals surface area contributed by atoms with Crippen molar-refractivity contribution in [2.75, 3.05) is 12.3 Å².